The number of hydrogen-bond donors (Lipinski definition) is 2. The van der Waals surface area contributed by atoms with Crippen molar-refractivity contribution in [3.05, 3.63) is 34.9 Å². The molecule has 4 atom stereocenters. The number of rotatable bonds is 3. The van der Waals surface area contributed by atoms with Gasteiger partial charge in [-0.1, -0.05) is 6.08 Å². The van der Waals surface area contributed by atoms with Gasteiger partial charge in [0, 0.05) is 0 Å². The average Bonchev–Trinajstić information content (AvgIpc) is 2.95. The van der Waals surface area contributed by atoms with Gasteiger partial charge in [-0.25, -0.2) is 0 Å². The van der Waals surface area contributed by atoms with E-state index >= 15 is 0 Å². The van der Waals surface area contributed by atoms with E-state index in [0.717, 1.165) is 44.1 Å². The molecule has 3 unspecified atom stereocenters. The molecule has 7 heteroatoms. The van der Waals surface area contributed by atoms with Crippen LogP contribution in [0.1, 0.15) is 56.1 Å². The van der Waals surface area contributed by atoms with E-state index in [9.17, 15) is 13.5 Å². The minimum Gasteiger partial charge on any atom is -0.493 e. The van der Waals surface area contributed by atoms with Crippen molar-refractivity contribution in [1.29, 1.82) is 0 Å². The first-order chi connectivity index (χ1) is 12.8. The summed E-state index contributed by atoms with van der Waals surface area (Å²) in [6, 6.07) is 3.66. The fourth-order valence-corrected chi connectivity index (χ4v) is 6.20. The summed E-state index contributed by atoms with van der Waals surface area (Å²) in [7, 11) is -2.61. The minimum absolute atomic E-state index is 0.140. The van der Waals surface area contributed by atoms with E-state index in [2.05, 4.69) is 6.08 Å². The predicted octanol–water partition coefficient (Wildman–Crippen LogP) is 2.80. The first-order valence-electron chi connectivity index (χ1n) is 9.58. The van der Waals surface area contributed by atoms with Crippen molar-refractivity contribution in [3.8, 4) is 11.5 Å². The van der Waals surface area contributed by atoms with Crippen molar-refractivity contribution in [1.82, 2.24) is 0 Å². The molecule has 1 aromatic carbocycles. The summed E-state index contributed by atoms with van der Waals surface area (Å²) in [6.07, 6.45) is 7.63. The number of methoxy groups -OCH3 is 1. The van der Waals surface area contributed by atoms with Gasteiger partial charge >= 0.3 is 10.3 Å². The molecule has 0 aliphatic heterocycles. The SMILES string of the molecule is C/C=C1/CCC2C3CCc4cc(OS(N)(=O)=O)c(OC)cc4C3CC[C@]12O. The second-order valence-electron chi connectivity index (χ2n) is 8.01. The third kappa shape index (κ3) is 3.05. The highest BCUT2D eigenvalue weighted by Crippen LogP contribution is 2.59. The average molecular weight is 394 g/mol. The van der Waals surface area contributed by atoms with Crippen LogP contribution in [0.25, 0.3) is 0 Å². The molecular weight excluding hydrogens is 366 g/mol. The Bertz CT molecular complexity index is 894. The number of allylic oxidation sites excluding steroid dienone is 1. The van der Waals surface area contributed by atoms with Crippen LogP contribution < -0.4 is 14.1 Å². The zero-order valence-corrected chi connectivity index (χ0v) is 16.6. The highest BCUT2D eigenvalue weighted by molar-refractivity contribution is 7.84. The Balaban J connectivity index is 1.71. The third-order valence-electron chi connectivity index (χ3n) is 6.89. The maximum absolute atomic E-state index is 11.4. The highest BCUT2D eigenvalue weighted by Gasteiger charge is 2.54. The molecule has 27 heavy (non-hydrogen) atoms. The Morgan fingerprint density at radius 3 is 2.67 bits per heavy atom. The van der Waals surface area contributed by atoms with Gasteiger partial charge < -0.3 is 14.0 Å². The second kappa shape index (κ2) is 6.50. The molecule has 0 spiro atoms. The van der Waals surface area contributed by atoms with Crippen molar-refractivity contribution in [2.24, 2.45) is 17.0 Å². The lowest BCUT2D eigenvalue weighted by atomic mass is 9.59. The van der Waals surface area contributed by atoms with Crippen LogP contribution in [0.15, 0.2) is 23.8 Å². The number of aliphatic hydroxyl groups is 1. The Labute approximate surface area is 160 Å². The van der Waals surface area contributed by atoms with Crippen LogP contribution in [-0.4, -0.2) is 26.2 Å². The fraction of sp³-hybridized carbons (Fsp3) is 0.600. The Morgan fingerprint density at radius 1 is 1.22 bits per heavy atom. The minimum atomic E-state index is -4.11. The van der Waals surface area contributed by atoms with Crippen LogP contribution in [0, 0.1) is 11.8 Å². The maximum atomic E-state index is 11.4. The monoisotopic (exact) mass is 393 g/mol. The lowest BCUT2D eigenvalue weighted by molar-refractivity contribution is -0.0393. The van der Waals surface area contributed by atoms with Crippen molar-refractivity contribution in [2.75, 3.05) is 7.11 Å². The normalized spacial score (nSPS) is 33.9. The largest absolute Gasteiger partial charge is 0.493 e. The van der Waals surface area contributed by atoms with Crippen molar-refractivity contribution in [3.63, 3.8) is 0 Å². The van der Waals surface area contributed by atoms with Crippen LogP contribution in [0.4, 0.5) is 0 Å². The van der Waals surface area contributed by atoms with Crippen molar-refractivity contribution >= 4 is 10.3 Å². The van der Waals surface area contributed by atoms with Gasteiger partial charge in [-0.3, -0.25) is 0 Å². The fourth-order valence-electron chi connectivity index (χ4n) is 5.82. The Kier molecular flexibility index (Phi) is 4.52. The first kappa shape index (κ1) is 18.8. The molecule has 0 heterocycles. The molecule has 4 rings (SSSR count). The van der Waals surface area contributed by atoms with E-state index in [1.165, 1.54) is 18.2 Å². The number of ether oxygens (including phenoxy) is 1. The van der Waals surface area contributed by atoms with Gasteiger partial charge in [0.05, 0.1) is 12.7 Å². The number of nitrogens with two attached hydrogens (primary N) is 1. The molecule has 0 aromatic heterocycles. The lowest BCUT2D eigenvalue weighted by Crippen LogP contribution is -2.46. The van der Waals surface area contributed by atoms with Crippen molar-refractivity contribution in [2.45, 2.75) is 57.0 Å². The summed E-state index contributed by atoms with van der Waals surface area (Å²) >= 11 is 0. The first-order valence-corrected chi connectivity index (χ1v) is 11.0. The summed E-state index contributed by atoms with van der Waals surface area (Å²) in [5, 5.41) is 16.4. The molecule has 6 nitrogen and oxygen atoms in total. The van der Waals surface area contributed by atoms with Gasteiger partial charge in [-0.05, 0) is 92.0 Å². The van der Waals surface area contributed by atoms with Crippen molar-refractivity contribution < 1.29 is 22.4 Å². The Hall–Kier alpha value is -1.57. The van der Waals surface area contributed by atoms with E-state index in [1.54, 1.807) is 6.07 Å². The van der Waals surface area contributed by atoms with Gasteiger partial charge in [-0.2, -0.15) is 13.6 Å². The van der Waals surface area contributed by atoms with E-state index in [-0.39, 0.29) is 5.75 Å². The summed E-state index contributed by atoms with van der Waals surface area (Å²) in [4.78, 5) is 0. The highest BCUT2D eigenvalue weighted by atomic mass is 32.2. The van der Waals surface area contributed by atoms with Crippen LogP contribution in [0.3, 0.4) is 0 Å². The number of fused-ring (bicyclic) bond motifs is 5. The van der Waals surface area contributed by atoms with Crippen LogP contribution in [-0.2, 0) is 16.7 Å². The van der Waals surface area contributed by atoms with Gasteiger partial charge in [0.2, 0.25) is 0 Å². The molecule has 0 saturated heterocycles. The smallest absolute Gasteiger partial charge is 0.380 e. The quantitative estimate of drug-likeness (QED) is 0.770. The van der Waals surface area contributed by atoms with E-state index in [1.807, 2.05) is 13.0 Å². The van der Waals surface area contributed by atoms with Gasteiger partial charge in [0.15, 0.2) is 11.5 Å². The molecule has 2 saturated carbocycles. The van der Waals surface area contributed by atoms with E-state index in [4.69, 9.17) is 14.1 Å². The molecule has 0 amide bonds. The number of hydrogen-bond acceptors (Lipinski definition) is 5. The summed E-state index contributed by atoms with van der Waals surface area (Å²) in [5.41, 5.74) is 2.84. The zero-order chi connectivity index (χ0) is 19.4. The molecule has 3 aliphatic rings. The van der Waals surface area contributed by atoms with Gasteiger partial charge in [-0.15, -0.1) is 0 Å². The third-order valence-corrected chi connectivity index (χ3v) is 7.30. The molecule has 3 N–H and O–H groups in total. The molecule has 2 fully saturated rings. The zero-order valence-electron chi connectivity index (χ0n) is 15.8. The van der Waals surface area contributed by atoms with E-state index in [0.29, 0.717) is 23.5 Å². The predicted molar refractivity (Wildman–Crippen MR) is 102 cm³/mol. The topological polar surface area (TPSA) is 98.9 Å². The van der Waals surface area contributed by atoms with E-state index < -0.39 is 15.9 Å². The molecule has 0 radical (unpaired) electrons. The molecular formula is C20H27NO5S. The molecule has 0 bridgehead atoms. The second-order valence-corrected chi connectivity index (χ2v) is 9.16. The standard InChI is InChI=1S/C20H27NO5S/c1-3-13-5-7-17-15-6-4-12-10-19(26-27(21,23)24)18(25-2)11-16(12)14(15)8-9-20(13,17)22/h3,10-11,14-15,17,22H,4-9H2,1-2H3,(H2,21,23,24)/b13-3-/t14?,15?,17?,20-/m0/s1. The summed E-state index contributed by atoms with van der Waals surface area (Å²) in [6.45, 7) is 2.02. The molecule has 148 valence electrons. The Morgan fingerprint density at radius 2 is 2.00 bits per heavy atom. The van der Waals surface area contributed by atoms with Crippen LogP contribution in [0.2, 0.25) is 0 Å². The summed E-state index contributed by atoms with van der Waals surface area (Å²) < 4.78 is 33.0. The number of aryl methyl sites for hydroxylation is 1. The van der Waals surface area contributed by atoms with Gasteiger partial charge in [0.25, 0.3) is 0 Å². The molecule has 1 aromatic rings. The van der Waals surface area contributed by atoms with Crippen LogP contribution >= 0.6 is 0 Å². The molecule has 3 aliphatic carbocycles. The maximum Gasteiger partial charge on any atom is 0.380 e. The van der Waals surface area contributed by atoms with Gasteiger partial charge in [0.1, 0.15) is 0 Å². The lowest BCUT2D eigenvalue weighted by Gasteiger charge is -2.48. The number of benzene rings is 1. The van der Waals surface area contributed by atoms with Crippen LogP contribution in [0.5, 0.6) is 11.5 Å². The summed E-state index contributed by atoms with van der Waals surface area (Å²) in [5.74, 6) is 1.60.